The fourth-order valence-corrected chi connectivity index (χ4v) is 3.50. The molecule has 0 fully saturated rings. The van der Waals surface area contributed by atoms with E-state index in [0.29, 0.717) is 11.6 Å². The highest BCUT2D eigenvalue weighted by molar-refractivity contribution is 7.15. The Morgan fingerprint density at radius 2 is 1.88 bits per heavy atom. The minimum Gasteiger partial charge on any atom is -0.329 e. The molecular weight excluding hydrogens is 342 g/mol. The van der Waals surface area contributed by atoms with Crippen molar-refractivity contribution in [2.45, 2.75) is 13.5 Å². The first-order valence-electron chi connectivity index (χ1n) is 7.46. The van der Waals surface area contributed by atoms with Crippen LogP contribution in [0.15, 0.2) is 48.5 Å². The number of nitrogens with zero attached hydrogens (tertiary/aromatic N) is 4. The van der Waals surface area contributed by atoms with Crippen molar-refractivity contribution >= 4 is 44.8 Å². The zero-order valence-electron chi connectivity index (χ0n) is 12.9. The lowest BCUT2D eigenvalue weighted by atomic mass is 10.3. The normalized spacial score (nSPS) is 11.1. The molecule has 1 N–H and O–H groups in total. The summed E-state index contributed by atoms with van der Waals surface area (Å²) in [7, 11) is 0. The largest absolute Gasteiger partial charge is 0.329 e. The Morgan fingerprint density at radius 3 is 2.75 bits per heavy atom. The molecule has 0 saturated carbocycles. The van der Waals surface area contributed by atoms with Gasteiger partial charge in [0, 0.05) is 0 Å². The number of anilines is 2. The van der Waals surface area contributed by atoms with E-state index in [2.05, 4.69) is 31.1 Å². The van der Waals surface area contributed by atoms with E-state index in [1.54, 1.807) is 0 Å². The lowest BCUT2D eigenvalue weighted by Crippen LogP contribution is -2.01. The SMILES string of the molecule is Cc1nc2ccccc2n1Cc1nnc(Nc2ccccc2Cl)s1. The molecule has 0 amide bonds. The van der Waals surface area contributed by atoms with Crippen LogP contribution in [0.2, 0.25) is 5.02 Å². The van der Waals surface area contributed by atoms with Crippen molar-refractivity contribution < 1.29 is 0 Å². The highest BCUT2D eigenvalue weighted by Gasteiger charge is 2.11. The molecule has 0 saturated heterocycles. The van der Waals surface area contributed by atoms with Crippen LogP contribution in [0.25, 0.3) is 11.0 Å². The third-order valence-corrected chi connectivity index (χ3v) is 4.87. The third kappa shape index (κ3) is 2.86. The smallest absolute Gasteiger partial charge is 0.210 e. The summed E-state index contributed by atoms with van der Waals surface area (Å²) in [5, 5.41) is 14.0. The van der Waals surface area contributed by atoms with Gasteiger partial charge in [-0.2, -0.15) is 0 Å². The predicted molar refractivity (Wildman–Crippen MR) is 98.2 cm³/mol. The molecule has 2 heterocycles. The van der Waals surface area contributed by atoms with Crippen LogP contribution in [0.5, 0.6) is 0 Å². The van der Waals surface area contributed by atoms with Gasteiger partial charge in [-0.25, -0.2) is 4.98 Å². The first kappa shape index (κ1) is 15.1. The minimum absolute atomic E-state index is 0.647. The molecule has 120 valence electrons. The van der Waals surface area contributed by atoms with Crippen LogP contribution in [-0.2, 0) is 6.54 Å². The van der Waals surface area contributed by atoms with Gasteiger partial charge in [0.1, 0.15) is 10.8 Å². The van der Waals surface area contributed by atoms with Crippen molar-refractivity contribution in [3.63, 3.8) is 0 Å². The number of fused-ring (bicyclic) bond motifs is 1. The summed E-state index contributed by atoms with van der Waals surface area (Å²) in [6.45, 7) is 2.65. The molecule has 0 aliphatic rings. The van der Waals surface area contributed by atoms with Crippen molar-refractivity contribution in [3.8, 4) is 0 Å². The van der Waals surface area contributed by atoms with Gasteiger partial charge in [-0.3, -0.25) is 0 Å². The van der Waals surface area contributed by atoms with E-state index in [1.807, 2.05) is 49.4 Å². The van der Waals surface area contributed by atoms with E-state index in [4.69, 9.17) is 11.6 Å². The second-order valence-corrected chi connectivity index (χ2v) is 6.81. The van der Waals surface area contributed by atoms with Gasteiger partial charge in [0.2, 0.25) is 5.13 Å². The number of hydrogen-bond acceptors (Lipinski definition) is 5. The third-order valence-electron chi connectivity index (χ3n) is 3.72. The Bertz CT molecular complexity index is 1010. The maximum absolute atomic E-state index is 6.16. The Morgan fingerprint density at radius 1 is 1.08 bits per heavy atom. The lowest BCUT2D eigenvalue weighted by Gasteiger charge is -2.04. The highest BCUT2D eigenvalue weighted by atomic mass is 35.5. The molecule has 0 aliphatic carbocycles. The average Bonchev–Trinajstić information content (AvgIpc) is 3.15. The van der Waals surface area contributed by atoms with Crippen molar-refractivity contribution in [1.29, 1.82) is 0 Å². The van der Waals surface area contributed by atoms with Gasteiger partial charge >= 0.3 is 0 Å². The fourth-order valence-electron chi connectivity index (χ4n) is 2.58. The van der Waals surface area contributed by atoms with Gasteiger partial charge in [-0.15, -0.1) is 10.2 Å². The zero-order chi connectivity index (χ0) is 16.5. The average molecular weight is 356 g/mol. The molecule has 4 rings (SSSR count). The molecule has 2 aromatic heterocycles. The molecule has 2 aromatic carbocycles. The van der Waals surface area contributed by atoms with E-state index in [-0.39, 0.29) is 0 Å². The number of aromatic nitrogens is 4. The number of halogens is 1. The molecule has 0 unspecified atom stereocenters. The summed E-state index contributed by atoms with van der Waals surface area (Å²) >= 11 is 7.68. The Balaban J connectivity index is 1.59. The predicted octanol–water partition coefficient (Wildman–Crippen LogP) is 4.64. The van der Waals surface area contributed by atoms with Gasteiger partial charge in [-0.1, -0.05) is 47.2 Å². The van der Waals surface area contributed by atoms with Crippen LogP contribution in [0.3, 0.4) is 0 Å². The Hall–Kier alpha value is -2.44. The van der Waals surface area contributed by atoms with Crippen LogP contribution in [0.4, 0.5) is 10.8 Å². The standard InChI is InChI=1S/C17H14ClN5S/c1-11-19-14-8-4-5-9-15(14)23(11)10-16-21-22-17(24-16)20-13-7-3-2-6-12(13)18/h2-9H,10H2,1H3,(H,20,22). The minimum atomic E-state index is 0.647. The number of rotatable bonds is 4. The van der Waals surface area contributed by atoms with Crippen molar-refractivity contribution in [1.82, 2.24) is 19.7 Å². The van der Waals surface area contributed by atoms with Crippen LogP contribution < -0.4 is 5.32 Å². The molecule has 0 aliphatic heterocycles. The number of aryl methyl sites for hydroxylation is 1. The van der Waals surface area contributed by atoms with Gasteiger partial charge < -0.3 is 9.88 Å². The summed E-state index contributed by atoms with van der Waals surface area (Å²) in [6.07, 6.45) is 0. The monoisotopic (exact) mass is 355 g/mol. The molecular formula is C17H14ClN5S. The molecule has 5 nitrogen and oxygen atoms in total. The topological polar surface area (TPSA) is 55.6 Å². The van der Waals surface area contributed by atoms with Crippen LogP contribution in [-0.4, -0.2) is 19.7 Å². The summed E-state index contributed by atoms with van der Waals surface area (Å²) in [6, 6.07) is 15.7. The molecule has 0 atom stereocenters. The zero-order valence-corrected chi connectivity index (χ0v) is 14.5. The van der Waals surface area contributed by atoms with E-state index < -0.39 is 0 Å². The highest BCUT2D eigenvalue weighted by Crippen LogP contribution is 2.27. The number of para-hydroxylation sites is 3. The van der Waals surface area contributed by atoms with Crippen molar-refractivity contribution in [2.75, 3.05) is 5.32 Å². The van der Waals surface area contributed by atoms with E-state index in [9.17, 15) is 0 Å². The number of hydrogen-bond donors (Lipinski definition) is 1. The first-order chi connectivity index (χ1) is 11.7. The van der Waals surface area contributed by atoms with Crippen molar-refractivity contribution in [2.24, 2.45) is 0 Å². The van der Waals surface area contributed by atoms with Gasteiger partial charge in [0.05, 0.1) is 28.3 Å². The number of benzene rings is 2. The van der Waals surface area contributed by atoms with E-state index >= 15 is 0 Å². The second-order valence-electron chi connectivity index (χ2n) is 5.34. The summed E-state index contributed by atoms with van der Waals surface area (Å²) in [5.74, 6) is 0.965. The van der Waals surface area contributed by atoms with Gasteiger partial charge in [0.15, 0.2) is 0 Å². The lowest BCUT2D eigenvalue weighted by molar-refractivity contribution is 0.768. The maximum Gasteiger partial charge on any atom is 0.210 e. The number of nitrogens with one attached hydrogen (secondary N) is 1. The summed E-state index contributed by atoms with van der Waals surface area (Å²) in [5.41, 5.74) is 2.92. The molecule has 4 aromatic rings. The number of imidazole rings is 1. The second kappa shape index (κ2) is 6.22. The van der Waals surface area contributed by atoms with Crippen LogP contribution in [0.1, 0.15) is 10.8 Å². The summed E-state index contributed by atoms with van der Waals surface area (Å²) < 4.78 is 2.15. The van der Waals surface area contributed by atoms with Gasteiger partial charge in [0.25, 0.3) is 0 Å². The van der Waals surface area contributed by atoms with Crippen LogP contribution >= 0.6 is 22.9 Å². The Labute approximate surface area is 147 Å². The molecule has 7 heteroatoms. The van der Waals surface area contributed by atoms with Gasteiger partial charge in [-0.05, 0) is 31.2 Å². The van der Waals surface area contributed by atoms with E-state index in [1.165, 1.54) is 11.3 Å². The molecule has 0 bridgehead atoms. The van der Waals surface area contributed by atoms with Crippen LogP contribution in [0, 0.1) is 6.92 Å². The quantitative estimate of drug-likeness (QED) is 0.579. The van der Waals surface area contributed by atoms with Crippen molar-refractivity contribution in [3.05, 3.63) is 64.4 Å². The maximum atomic E-state index is 6.16. The van der Waals surface area contributed by atoms with E-state index in [0.717, 1.165) is 32.7 Å². The first-order valence-corrected chi connectivity index (χ1v) is 8.66. The molecule has 0 spiro atoms. The Kier molecular flexibility index (Phi) is 3.92. The summed E-state index contributed by atoms with van der Waals surface area (Å²) in [4.78, 5) is 4.58. The molecule has 24 heavy (non-hydrogen) atoms. The molecule has 0 radical (unpaired) electrons. The fraction of sp³-hybridized carbons (Fsp3) is 0.118.